The Labute approximate surface area is 220 Å². The summed E-state index contributed by atoms with van der Waals surface area (Å²) in [6.07, 6.45) is 1.36. The van der Waals surface area contributed by atoms with E-state index < -0.39 is 48.5 Å². The molecule has 0 unspecified atom stereocenters. The van der Waals surface area contributed by atoms with Crippen LogP contribution >= 0.6 is 11.6 Å². The molecule has 0 spiro atoms. The predicted octanol–water partition coefficient (Wildman–Crippen LogP) is 4.17. The summed E-state index contributed by atoms with van der Waals surface area (Å²) in [6, 6.07) is 14.3. The van der Waals surface area contributed by atoms with Gasteiger partial charge in [0.2, 0.25) is 5.91 Å². The maximum absolute atomic E-state index is 13.7. The second-order valence-corrected chi connectivity index (χ2v) is 8.35. The van der Waals surface area contributed by atoms with Gasteiger partial charge in [0.1, 0.15) is 29.6 Å². The van der Waals surface area contributed by atoms with Crippen molar-refractivity contribution in [3.8, 4) is 5.75 Å². The van der Waals surface area contributed by atoms with Gasteiger partial charge in [-0.2, -0.15) is 0 Å². The van der Waals surface area contributed by atoms with Gasteiger partial charge in [-0.05, 0) is 60.2 Å². The first kappa shape index (κ1) is 26.3. The van der Waals surface area contributed by atoms with Crippen LogP contribution < -0.4 is 20.7 Å². The van der Waals surface area contributed by atoms with Gasteiger partial charge < -0.3 is 20.7 Å². The van der Waals surface area contributed by atoms with Crippen LogP contribution in [0.3, 0.4) is 0 Å². The van der Waals surface area contributed by atoms with Crippen molar-refractivity contribution in [3.63, 3.8) is 0 Å². The maximum atomic E-state index is 13.7. The first-order valence-corrected chi connectivity index (χ1v) is 11.4. The van der Waals surface area contributed by atoms with Crippen molar-refractivity contribution in [1.29, 1.82) is 0 Å². The number of carbonyl (C=O) groups is 4. The maximum Gasteiger partial charge on any atom is 0.329 e. The van der Waals surface area contributed by atoms with Crippen LogP contribution in [0.4, 0.5) is 25.0 Å². The highest BCUT2D eigenvalue weighted by Crippen LogP contribution is 2.27. The summed E-state index contributed by atoms with van der Waals surface area (Å²) in [4.78, 5) is 49.9. The lowest BCUT2D eigenvalue weighted by Gasteiger charge is -2.12. The quantitative estimate of drug-likeness (QED) is 0.293. The molecule has 0 radical (unpaired) electrons. The number of amides is 5. The summed E-state index contributed by atoms with van der Waals surface area (Å²) >= 11 is 6.23. The molecule has 9 nitrogen and oxygen atoms in total. The number of hydrogen-bond donors (Lipinski definition) is 3. The zero-order chi connectivity index (χ0) is 27.2. The van der Waals surface area contributed by atoms with E-state index in [2.05, 4.69) is 16.0 Å². The largest absolute Gasteiger partial charge is 0.482 e. The predicted molar refractivity (Wildman–Crippen MR) is 135 cm³/mol. The Kier molecular flexibility index (Phi) is 7.97. The van der Waals surface area contributed by atoms with E-state index in [4.69, 9.17) is 16.3 Å². The molecule has 0 atom stereocenters. The number of hydrogen-bond acceptors (Lipinski definition) is 5. The molecule has 194 valence electrons. The summed E-state index contributed by atoms with van der Waals surface area (Å²) < 4.78 is 32.1. The normalized spacial score (nSPS) is 13.9. The van der Waals surface area contributed by atoms with Crippen molar-refractivity contribution in [1.82, 2.24) is 10.2 Å². The van der Waals surface area contributed by atoms with E-state index >= 15 is 0 Å². The lowest BCUT2D eigenvalue weighted by atomic mass is 10.2. The molecule has 4 rings (SSSR count). The highest BCUT2D eigenvalue weighted by atomic mass is 35.5. The van der Waals surface area contributed by atoms with E-state index in [1.165, 1.54) is 54.6 Å². The van der Waals surface area contributed by atoms with E-state index in [0.717, 1.165) is 17.0 Å². The summed E-state index contributed by atoms with van der Waals surface area (Å²) in [7, 11) is 0. The van der Waals surface area contributed by atoms with Crippen molar-refractivity contribution in [2.24, 2.45) is 0 Å². The molecular formula is C26H19ClF2N4O5. The van der Waals surface area contributed by atoms with Crippen LogP contribution in [0, 0.1) is 11.6 Å². The number of carbonyl (C=O) groups excluding carboxylic acids is 4. The lowest BCUT2D eigenvalue weighted by molar-refractivity contribution is -0.127. The molecule has 3 N–H and O–H groups in total. The lowest BCUT2D eigenvalue weighted by Crippen LogP contribution is -2.38. The molecule has 1 saturated heterocycles. The second-order valence-electron chi connectivity index (χ2n) is 7.94. The smallest absolute Gasteiger partial charge is 0.329 e. The second kappa shape index (κ2) is 11.5. The Hall–Kier alpha value is -4.77. The zero-order valence-corrected chi connectivity index (χ0v) is 20.2. The number of halogens is 3. The van der Waals surface area contributed by atoms with Crippen molar-refractivity contribution in [2.75, 3.05) is 23.8 Å². The van der Waals surface area contributed by atoms with Crippen molar-refractivity contribution in [2.45, 2.75) is 0 Å². The van der Waals surface area contributed by atoms with Crippen LogP contribution in [-0.2, 0) is 14.4 Å². The molecule has 1 aliphatic heterocycles. The van der Waals surface area contributed by atoms with E-state index in [-0.39, 0.29) is 22.2 Å². The molecular weight excluding hydrogens is 522 g/mol. The summed E-state index contributed by atoms with van der Waals surface area (Å²) in [5, 5.41) is 7.37. The Bertz CT molecular complexity index is 1450. The molecule has 3 aromatic carbocycles. The average molecular weight is 541 g/mol. The van der Waals surface area contributed by atoms with Crippen LogP contribution in [0.2, 0.25) is 5.02 Å². The minimum absolute atomic E-state index is 0.0134. The number of para-hydroxylation sites is 1. The minimum Gasteiger partial charge on any atom is -0.482 e. The highest BCUT2D eigenvalue weighted by Gasteiger charge is 2.35. The van der Waals surface area contributed by atoms with Gasteiger partial charge in [0.05, 0.1) is 10.7 Å². The van der Waals surface area contributed by atoms with Gasteiger partial charge in [-0.15, -0.1) is 0 Å². The van der Waals surface area contributed by atoms with Crippen molar-refractivity contribution < 1.29 is 32.7 Å². The number of nitrogens with zero attached hydrogens (tertiary/aromatic N) is 1. The topological polar surface area (TPSA) is 117 Å². The van der Waals surface area contributed by atoms with Crippen molar-refractivity contribution >= 4 is 52.8 Å². The Morgan fingerprint density at radius 3 is 2.42 bits per heavy atom. The summed E-state index contributed by atoms with van der Waals surface area (Å²) in [6.45, 7) is -0.986. The van der Waals surface area contributed by atoms with Gasteiger partial charge >= 0.3 is 6.03 Å². The monoisotopic (exact) mass is 540 g/mol. The average Bonchev–Trinajstić information content (AvgIpc) is 3.13. The molecule has 0 saturated carbocycles. The molecule has 12 heteroatoms. The van der Waals surface area contributed by atoms with Crippen LogP contribution in [0.1, 0.15) is 5.56 Å². The molecule has 0 aliphatic carbocycles. The highest BCUT2D eigenvalue weighted by molar-refractivity contribution is 6.32. The molecule has 5 amide bonds. The molecule has 38 heavy (non-hydrogen) atoms. The Morgan fingerprint density at radius 1 is 0.974 bits per heavy atom. The molecule has 1 aliphatic rings. The summed E-state index contributed by atoms with van der Waals surface area (Å²) in [5.74, 6) is -2.87. The fraction of sp³-hybridized carbons (Fsp3) is 0.0769. The van der Waals surface area contributed by atoms with Crippen LogP contribution in [0.5, 0.6) is 5.75 Å². The Balaban J connectivity index is 1.35. The van der Waals surface area contributed by atoms with Gasteiger partial charge in [0, 0.05) is 5.69 Å². The third kappa shape index (κ3) is 6.51. The zero-order valence-electron chi connectivity index (χ0n) is 19.5. The standard InChI is InChI=1S/C26H19ClF2N4O5/c27-18-11-15(5-10-22(18)38-14-24(35)31-20-4-2-1-3-19(20)29)12-21-25(36)33(26(37)32-21)13-23(34)30-17-8-6-16(28)7-9-17/h1-12H,13-14H2,(H,30,34)(H,31,35)(H,32,37)/b21-12-. The number of urea groups is 1. The Morgan fingerprint density at radius 2 is 1.71 bits per heavy atom. The van der Waals surface area contributed by atoms with E-state index in [0.29, 0.717) is 11.3 Å². The number of anilines is 2. The molecule has 1 fully saturated rings. The van der Waals surface area contributed by atoms with E-state index in [1.54, 1.807) is 6.07 Å². The van der Waals surface area contributed by atoms with Crippen LogP contribution in [0.15, 0.2) is 72.4 Å². The van der Waals surface area contributed by atoms with Crippen molar-refractivity contribution in [3.05, 3.63) is 94.6 Å². The van der Waals surface area contributed by atoms with Gasteiger partial charge in [-0.25, -0.2) is 18.5 Å². The van der Waals surface area contributed by atoms with E-state index in [9.17, 15) is 28.0 Å². The third-order valence-corrected chi connectivity index (χ3v) is 5.46. The number of imide groups is 1. The van der Waals surface area contributed by atoms with Gasteiger partial charge in [0.15, 0.2) is 6.61 Å². The number of ether oxygens (including phenoxy) is 1. The van der Waals surface area contributed by atoms with Crippen LogP contribution in [-0.4, -0.2) is 41.8 Å². The number of nitrogens with one attached hydrogen (secondary N) is 3. The minimum atomic E-state index is -0.789. The van der Waals surface area contributed by atoms with Gasteiger partial charge in [-0.1, -0.05) is 29.8 Å². The third-order valence-electron chi connectivity index (χ3n) is 5.17. The first-order chi connectivity index (χ1) is 18.2. The first-order valence-electron chi connectivity index (χ1n) is 11.1. The fourth-order valence-electron chi connectivity index (χ4n) is 3.38. The van der Waals surface area contributed by atoms with Gasteiger partial charge in [0.25, 0.3) is 11.8 Å². The molecule has 3 aromatic rings. The SMILES string of the molecule is O=C(CN1C(=O)N/C(=C\c2ccc(OCC(=O)Nc3ccccc3F)c(Cl)c2)C1=O)Nc1ccc(F)cc1. The van der Waals surface area contributed by atoms with E-state index in [1.807, 2.05) is 0 Å². The number of benzene rings is 3. The van der Waals surface area contributed by atoms with Crippen LogP contribution in [0.25, 0.3) is 6.08 Å². The molecule has 0 bridgehead atoms. The summed E-state index contributed by atoms with van der Waals surface area (Å²) in [5.41, 5.74) is 0.665. The number of rotatable bonds is 8. The van der Waals surface area contributed by atoms with Gasteiger partial charge in [-0.3, -0.25) is 14.4 Å². The molecule has 1 heterocycles. The fourth-order valence-corrected chi connectivity index (χ4v) is 3.62. The molecule has 0 aromatic heterocycles.